The third-order valence-corrected chi connectivity index (χ3v) is 6.26. The van der Waals surface area contributed by atoms with Gasteiger partial charge in [-0.25, -0.2) is 0 Å². The summed E-state index contributed by atoms with van der Waals surface area (Å²) in [7, 11) is 0. The maximum absolute atomic E-state index is 12.9. The normalized spacial score (nSPS) is 18.8. The van der Waals surface area contributed by atoms with Crippen molar-refractivity contribution in [1.82, 2.24) is 19.6 Å². The van der Waals surface area contributed by atoms with Gasteiger partial charge in [-0.05, 0) is 51.9 Å². The Bertz CT molecular complexity index is 696. The summed E-state index contributed by atoms with van der Waals surface area (Å²) in [5, 5.41) is 4.63. The second-order valence-corrected chi connectivity index (χ2v) is 8.94. The number of aromatic nitrogens is 2. The summed E-state index contributed by atoms with van der Waals surface area (Å²) < 4.78 is 2.03. The Hall–Kier alpha value is -1.85. The molecule has 2 aliphatic rings. The first kappa shape index (κ1) is 20.9. The molecule has 2 amide bonds. The smallest absolute Gasteiger partial charge is 0.227 e. The van der Waals surface area contributed by atoms with Crippen LogP contribution in [0.15, 0.2) is 0 Å². The van der Waals surface area contributed by atoms with E-state index in [0.717, 1.165) is 62.3 Å². The fourth-order valence-electron chi connectivity index (χ4n) is 4.52. The molecule has 3 rings (SSSR count). The topological polar surface area (TPSA) is 58.4 Å². The highest BCUT2D eigenvalue weighted by molar-refractivity contribution is 5.81. The molecule has 6 heteroatoms. The van der Waals surface area contributed by atoms with E-state index in [1.165, 1.54) is 6.42 Å². The maximum atomic E-state index is 12.9. The van der Waals surface area contributed by atoms with Crippen molar-refractivity contribution in [1.29, 1.82) is 0 Å². The van der Waals surface area contributed by atoms with Crippen LogP contribution in [-0.2, 0) is 22.6 Å². The summed E-state index contributed by atoms with van der Waals surface area (Å²) in [6.07, 6.45) is 5.51. The van der Waals surface area contributed by atoms with E-state index in [1.807, 2.05) is 21.4 Å². The van der Waals surface area contributed by atoms with E-state index in [1.54, 1.807) is 0 Å². The molecular formula is C22H36N4O2. The molecule has 1 aromatic heterocycles. The fourth-order valence-corrected chi connectivity index (χ4v) is 4.52. The van der Waals surface area contributed by atoms with Crippen LogP contribution in [0.1, 0.15) is 62.9 Å². The molecule has 0 aromatic carbocycles. The Morgan fingerprint density at radius 3 is 2.25 bits per heavy atom. The van der Waals surface area contributed by atoms with Crippen molar-refractivity contribution in [2.24, 2.45) is 11.8 Å². The second-order valence-electron chi connectivity index (χ2n) is 8.94. The number of rotatable bonds is 5. The first-order valence-corrected chi connectivity index (χ1v) is 11.0. The van der Waals surface area contributed by atoms with Crippen molar-refractivity contribution in [3.8, 4) is 0 Å². The van der Waals surface area contributed by atoms with Crippen molar-refractivity contribution in [3.05, 3.63) is 17.0 Å². The number of piperidine rings is 2. The van der Waals surface area contributed by atoms with Gasteiger partial charge in [-0.3, -0.25) is 14.3 Å². The van der Waals surface area contributed by atoms with Gasteiger partial charge < -0.3 is 9.80 Å². The Kier molecular flexibility index (Phi) is 6.78. The van der Waals surface area contributed by atoms with E-state index in [0.29, 0.717) is 31.3 Å². The van der Waals surface area contributed by atoms with Gasteiger partial charge in [0, 0.05) is 49.9 Å². The lowest BCUT2D eigenvalue weighted by molar-refractivity contribution is -0.141. The van der Waals surface area contributed by atoms with Crippen molar-refractivity contribution >= 4 is 11.8 Å². The summed E-state index contributed by atoms with van der Waals surface area (Å²) in [6, 6.07) is 0. The molecule has 2 saturated heterocycles. The molecule has 2 fully saturated rings. The summed E-state index contributed by atoms with van der Waals surface area (Å²) in [5.74, 6) is 1.10. The molecule has 0 atom stereocenters. The lowest BCUT2D eigenvalue weighted by Gasteiger charge is -2.35. The number of hydrogen-bond donors (Lipinski definition) is 0. The van der Waals surface area contributed by atoms with Crippen LogP contribution in [0.5, 0.6) is 0 Å². The van der Waals surface area contributed by atoms with Crippen LogP contribution >= 0.6 is 0 Å². The van der Waals surface area contributed by atoms with Gasteiger partial charge in [0.1, 0.15) is 0 Å². The van der Waals surface area contributed by atoms with E-state index in [9.17, 15) is 9.59 Å². The van der Waals surface area contributed by atoms with Crippen LogP contribution in [0.2, 0.25) is 0 Å². The molecule has 2 aliphatic heterocycles. The summed E-state index contributed by atoms with van der Waals surface area (Å²) >= 11 is 0. The van der Waals surface area contributed by atoms with Crippen LogP contribution in [0.25, 0.3) is 0 Å². The molecule has 0 saturated carbocycles. The minimum Gasteiger partial charge on any atom is -0.342 e. The minimum atomic E-state index is 0.0967. The predicted molar refractivity (Wildman–Crippen MR) is 110 cm³/mol. The number of carbonyl (C=O) groups is 2. The first-order valence-electron chi connectivity index (χ1n) is 11.0. The zero-order valence-electron chi connectivity index (χ0n) is 18.0. The van der Waals surface area contributed by atoms with Crippen LogP contribution in [0.3, 0.4) is 0 Å². The van der Waals surface area contributed by atoms with Gasteiger partial charge in [0.05, 0.1) is 12.1 Å². The van der Waals surface area contributed by atoms with E-state index in [2.05, 4.69) is 25.9 Å². The van der Waals surface area contributed by atoms with E-state index in [-0.39, 0.29) is 11.8 Å². The second kappa shape index (κ2) is 9.10. The van der Waals surface area contributed by atoms with E-state index >= 15 is 0 Å². The highest BCUT2D eigenvalue weighted by atomic mass is 16.2. The lowest BCUT2D eigenvalue weighted by Crippen LogP contribution is -2.46. The van der Waals surface area contributed by atoms with Crippen molar-refractivity contribution in [2.45, 2.75) is 72.8 Å². The van der Waals surface area contributed by atoms with Crippen LogP contribution in [0.4, 0.5) is 0 Å². The third-order valence-electron chi connectivity index (χ3n) is 6.26. The molecule has 0 radical (unpaired) electrons. The molecule has 6 nitrogen and oxygen atoms in total. The maximum Gasteiger partial charge on any atom is 0.227 e. The molecule has 28 heavy (non-hydrogen) atoms. The molecule has 1 aromatic rings. The van der Waals surface area contributed by atoms with Gasteiger partial charge in [0.25, 0.3) is 0 Å². The zero-order chi connectivity index (χ0) is 20.3. The van der Waals surface area contributed by atoms with E-state index in [4.69, 9.17) is 0 Å². The first-order chi connectivity index (χ1) is 13.4. The molecule has 0 spiro atoms. The van der Waals surface area contributed by atoms with Crippen LogP contribution < -0.4 is 0 Å². The average molecular weight is 389 g/mol. The number of amides is 2. The monoisotopic (exact) mass is 388 g/mol. The molecule has 0 unspecified atom stereocenters. The van der Waals surface area contributed by atoms with Crippen molar-refractivity contribution in [3.63, 3.8) is 0 Å². The number of carbonyl (C=O) groups excluding carboxylic acids is 2. The van der Waals surface area contributed by atoms with Crippen molar-refractivity contribution < 1.29 is 9.59 Å². The number of nitrogens with zero attached hydrogens (tertiary/aromatic N) is 4. The van der Waals surface area contributed by atoms with Crippen LogP contribution in [-0.4, -0.2) is 57.6 Å². The summed E-state index contributed by atoms with van der Waals surface area (Å²) in [6.45, 7) is 12.5. The van der Waals surface area contributed by atoms with Gasteiger partial charge in [0.15, 0.2) is 0 Å². The molecule has 156 valence electrons. The van der Waals surface area contributed by atoms with Gasteiger partial charge in [0.2, 0.25) is 11.8 Å². The molecular weight excluding hydrogens is 352 g/mol. The SMILES string of the molecule is Cc1nn(CC(C)C)c(C)c1CC(=O)N1CCC(C(=O)N2CCCCC2)CC1. The van der Waals surface area contributed by atoms with Crippen LogP contribution in [0, 0.1) is 25.7 Å². The Morgan fingerprint density at radius 1 is 1.00 bits per heavy atom. The molecule has 0 N–H and O–H groups in total. The van der Waals surface area contributed by atoms with E-state index < -0.39 is 0 Å². The molecule has 0 bridgehead atoms. The highest BCUT2D eigenvalue weighted by Gasteiger charge is 2.31. The van der Waals surface area contributed by atoms with Crippen molar-refractivity contribution in [2.75, 3.05) is 26.2 Å². The number of aryl methyl sites for hydroxylation is 1. The summed E-state index contributed by atoms with van der Waals surface area (Å²) in [4.78, 5) is 29.6. The summed E-state index contributed by atoms with van der Waals surface area (Å²) in [5.41, 5.74) is 3.13. The fraction of sp³-hybridized carbons (Fsp3) is 0.773. The number of hydrogen-bond acceptors (Lipinski definition) is 3. The third kappa shape index (κ3) is 4.76. The van der Waals surface area contributed by atoms with Gasteiger partial charge in [-0.15, -0.1) is 0 Å². The zero-order valence-corrected chi connectivity index (χ0v) is 18.0. The van der Waals surface area contributed by atoms with Gasteiger partial charge >= 0.3 is 0 Å². The average Bonchev–Trinajstić information content (AvgIpc) is 2.95. The Balaban J connectivity index is 1.54. The number of likely N-dealkylation sites (tertiary alicyclic amines) is 2. The highest BCUT2D eigenvalue weighted by Crippen LogP contribution is 2.23. The van der Waals surface area contributed by atoms with Gasteiger partial charge in [-0.1, -0.05) is 13.8 Å². The molecule has 3 heterocycles. The lowest BCUT2D eigenvalue weighted by atomic mass is 9.94. The Labute approximate surface area is 169 Å². The quantitative estimate of drug-likeness (QED) is 0.779. The van der Waals surface area contributed by atoms with Gasteiger partial charge in [-0.2, -0.15) is 5.10 Å². The predicted octanol–water partition coefficient (Wildman–Crippen LogP) is 2.95. The largest absolute Gasteiger partial charge is 0.342 e. The minimum absolute atomic E-state index is 0.0967. The standard InChI is InChI=1S/C22H36N4O2/c1-16(2)15-26-18(4)20(17(3)23-26)14-21(27)24-12-8-19(9-13-24)22(28)25-10-6-5-7-11-25/h16,19H,5-15H2,1-4H3. The Morgan fingerprint density at radius 2 is 1.64 bits per heavy atom. The molecule has 0 aliphatic carbocycles.